The van der Waals surface area contributed by atoms with Crippen LogP contribution in [-0.4, -0.2) is 27.9 Å². The second-order valence-electron chi connectivity index (χ2n) is 6.81. The van der Waals surface area contributed by atoms with E-state index in [0.717, 1.165) is 34.3 Å². The molecule has 0 amide bonds. The van der Waals surface area contributed by atoms with Gasteiger partial charge in [0.2, 0.25) is 0 Å². The van der Waals surface area contributed by atoms with Crippen molar-refractivity contribution >= 4 is 21.8 Å². The van der Waals surface area contributed by atoms with Gasteiger partial charge in [-0.3, -0.25) is 9.89 Å². The first-order valence-electron chi connectivity index (χ1n) is 9.57. The minimum Gasteiger partial charge on any atom is -0.481 e. The Morgan fingerprint density at radius 2 is 2.03 bits per heavy atom. The second kappa shape index (κ2) is 8.21. The average molecular weight is 386 g/mol. The van der Waals surface area contributed by atoms with Gasteiger partial charge in [-0.15, -0.1) is 0 Å². The van der Waals surface area contributed by atoms with Crippen LogP contribution < -0.4 is 16.0 Å². The molecule has 0 aliphatic carbocycles. The van der Waals surface area contributed by atoms with Crippen LogP contribution in [0.25, 0.3) is 21.8 Å². The van der Waals surface area contributed by atoms with Gasteiger partial charge in [-0.2, -0.15) is 5.10 Å². The standard InChI is InChI=1S/C23H22N4O2/c1-16-21-22(26-25-16)19-15-17(7-5-14-29-18-8-3-2-4-9-18)10-11-20(19)27(23(21)28)13-6-12-24/h2-4,8-11,15H,6,12-14,24H2,1H3,(H,25,26). The number of para-hydroxylation sites is 1. The zero-order chi connectivity index (χ0) is 20.2. The summed E-state index contributed by atoms with van der Waals surface area (Å²) >= 11 is 0. The minimum atomic E-state index is -0.0395. The van der Waals surface area contributed by atoms with Gasteiger partial charge in [0, 0.05) is 23.2 Å². The summed E-state index contributed by atoms with van der Waals surface area (Å²) in [6, 6.07) is 15.4. The minimum absolute atomic E-state index is 0.0395. The van der Waals surface area contributed by atoms with Crippen LogP contribution in [0.1, 0.15) is 17.7 Å². The molecule has 0 saturated heterocycles. The van der Waals surface area contributed by atoms with E-state index < -0.39 is 0 Å². The molecule has 2 heterocycles. The molecule has 0 spiro atoms. The number of rotatable bonds is 5. The third-order valence-corrected chi connectivity index (χ3v) is 4.82. The van der Waals surface area contributed by atoms with Crippen LogP contribution in [0.5, 0.6) is 5.75 Å². The number of benzene rings is 2. The van der Waals surface area contributed by atoms with E-state index in [-0.39, 0.29) is 5.56 Å². The SMILES string of the molecule is Cc1[nH]nc2c1c(=O)n(CCCN)c1ccc(C#CCOc3ccccc3)cc21. The van der Waals surface area contributed by atoms with Gasteiger partial charge in [0.25, 0.3) is 5.56 Å². The lowest BCUT2D eigenvalue weighted by atomic mass is 10.1. The Morgan fingerprint density at radius 3 is 2.83 bits per heavy atom. The van der Waals surface area contributed by atoms with Gasteiger partial charge < -0.3 is 15.0 Å². The highest BCUT2D eigenvalue weighted by molar-refractivity contribution is 6.04. The predicted octanol–water partition coefficient (Wildman–Crippen LogP) is 2.97. The lowest BCUT2D eigenvalue weighted by molar-refractivity contribution is 0.370. The van der Waals surface area contributed by atoms with Gasteiger partial charge in [-0.25, -0.2) is 0 Å². The fourth-order valence-electron chi connectivity index (χ4n) is 3.41. The molecule has 0 radical (unpaired) electrons. The molecule has 0 atom stereocenters. The first kappa shape index (κ1) is 18.8. The summed E-state index contributed by atoms with van der Waals surface area (Å²) in [5, 5.41) is 8.83. The van der Waals surface area contributed by atoms with Crippen molar-refractivity contribution in [1.82, 2.24) is 14.8 Å². The summed E-state index contributed by atoms with van der Waals surface area (Å²) in [6.07, 6.45) is 0.732. The van der Waals surface area contributed by atoms with Gasteiger partial charge in [0.1, 0.15) is 17.9 Å². The van der Waals surface area contributed by atoms with E-state index in [1.54, 1.807) is 4.57 Å². The number of hydrogen-bond donors (Lipinski definition) is 2. The highest BCUT2D eigenvalue weighted by atomic mass is 16.5. The molecule has 0 aliphatic heterocycles. The molecule has 2 aromatic heterocycles. The zero-order valence-corrected chi connectivity index (χ0v) is 16.2. The summed E-state index contributed by atoms with van der Waals surface area (Å²) in [5.74, 6) is 6.97. The third-order valence-electron chi connectivity index (χ3n) is 4.82. The lowest BCUT2D eigenvalue weighted by Crippen LogP contribution is -2.22. The summed E-state index contributed by atoms with van der Waals surface area (Å²) in [4.78, 5) is 13.0. The molecule has 146 valence electrons. The smallest absolute Gasteiger partial charge is 0.262 e. The Bertz CT molecular complexity index is 1280. The average Bonchev–Trinajstić information content (AvgIpc) is 3.14. The highest BCUT2D eigenvalue weighted by Gasteiger charge is 2.15. The second-order valence-corrected chi connectivity index (χ2v) is 6.81. The number of nitrogens with zero attached hydrogens (tertiary/aromatic N) is 2. The maximum Gasteiger partial charge on any atom is 0.262 e. The number of aromatic amines is 1. The van der Waals surface area contributed by atoms with Crippen molar-refractivity contribution in [2.45, 2.75) is 19.9 Å². The van der Waals surface area contributed by atoms with Crippen molar-refractivity contribution in [3.05, 3.63) is 70.1 Å². The Balaban J connectivity index is 1.72. The summed E-state index contributed by atoms with van der Waals surface area (Å²) in [6.45, 7) is 3.26. The lowest BCUT2D eigenvalue weighted by Gasteiger charge is -2.11. The zero-order valence-electron chi connectivity index (χ0n) is 16.2. The van der Waals surface area contributed by atoms with Crippen LogP contribution in [0.4, 0.5) is 0 Å². The van der Waals surface area contributed by atoms with E-state index in [0.29, 0.717) is 30.6 Å². The molecular weight excluding hydrogens is 364 g/mol. The molecule has 29 heavy (non-hydrogen) atoms. The first-order valence-corrected chi connectivity index (χ1v) is 9.57. The number of hydrogen-bond acceptors (Lipinski definition) is 4. The molecule has 4 aromatic rings. The van der Waals surface area contributed by atoms with Gasteiger partial charge in [0.15, 0.2) is 0 Å². The fraction of sp³-hybridized carbons (Fsp3) is 0.217. The van der Waals surface area contributed by atoms with Crippen molar-refractivity contribution in [2.75, 3.05) is 13.2 Å². The molecule has 0 unspecified atom stereocenters. The number of aromatic nitrogens is 3. The van der Waals surface area contributed by atoms with Gasteiger partial charge in [0.05, 0.1) is 10.9 Å². The van der Waals surface area contributed by atoms with E-state index in [9.17, 15) is 4.79 Å². The van der Waals surface area contributed by atoms with Crippen molar-refractivity contribution < 1.29 is 4.74 Å². The maximum absolute atomic E-state index is 13.0. The normalized spacial score (nSPS) is 10.8. The summed E-state index contributed by atoms with van der Waals surface area (Å²) in [7, 11) is 0. The van der Waals surface area contributed by atoms with Gasteiger partial charge in [-0.05, 0) is 50.2 Å². The molecule has 4 rings (SSSR count). The van der Waals surface area contributed by atoms with Crippen LogP contribution in [-0.2, 0) is 6.54 Å². The van der Waals surface area contributed by atoms with Crippen molar-refractivity contribution in [3.8, 4) is 17.6 Å². The molecule has 0 fully saturated rings. The number of H-pyrrole nitrogens is 1. The molecule has 6 nitrogen and oxygen atoms in total. The van der Waals surface area contributed by atoms with Gasteiger partial charge in [-0.1, -0.05) is 30.0 Å². The molecule has 3 N–H and O–H groups in total. The Morgan fingerprint density at radius 1 is 1.21 bits per heavy atom. The maximum atomic E-state index is 13.0. The number of ether oxygens (including phenoxy) is 1. The number of aryl methyl sites for hydroxylation is 2. The van der Waals surface area contributed by atoms with Crippen molar-refractivity contribution in [2.24, 2.45) is 5.73 Å². The summed E-state index contributed by atoms with van der Waals surface area (Å²) < 4.78 is 7.40. The highest BCUT2D eigenvalue weighted by Crippen LogP contribution is 2.24. The predicted molar refractivity (Wildman–Crippen MR) is 115 cm³/mol. The molecular formula is C23H22N4O2. The van der Waals surface area contributed by atoms with E-state index in [1.165, 1.54) is 0 Å². The Labute approximate surface area is 168 Å². The molecule has 0 aliphatic rings. The number of fused-ring (bicyclic) bond motifs is 3. The van der Waals surface area contributed by atoms with Crippen LogP contribution in [0, 0.1) is 18.8 Å². The Kier molecular flexibility index (Phi) is 5.32. The van der Waals surface area contributed by atoms with Crippen molar-refractivity contribution in [1.29, 1.82) is 0 Å². The topological polar surface area (TPSA) is 85.9 Å². The molecule has 6 heteroatoms. The van der Waals surface area contributed by atoms with E-state index in [2.05, 4.69) is 22.0 Å². The third kappa shape index (κ3) is 3.73. The largest absolute Gasteiger partial charge is 0.481 e. The van der Waals surface area contributed by atoms with Crippen LogP contribution in [0.3, 0.4) is 0 Å². The number of pyridine rings is 1. The summed E-state index contributed by atoms with van der Waals surface area (Å²) in [5.41, 5.74) is 8.75. The van der Waals surface area contributed by atoms with Crippen LogP contribution in [0.2, 0.25) is 0 Å². The van der Waals surface area contributed by atoms with E-state index in [4.69, 9.17) is 10.5 Å². The van der Waals surface area contributed by atoms with Crippen LogP contribution >= 0.6 is 0 Å². The number of nitrogens with one attached hydrogen (secondary N) is 1. The molecule has 0 saturated carbocycles. The van der Waals surface area contributed by atoms with E-state index in [1.807, 2.05) is 55.5 Å². The Hall–Kier alpha value is -3.56. The number of nitrogens with two attached hydrogens (primary N) is 1. The fourth-order valence-corrected chi connectivity index (χ4v) is 3.41. The quantitative estimate of drug-likeness (QED) is 0.517. The first-order chi connectivity index (χ1) is 14.2. The van der Waals surface area contributed by atoms with Crippen molar-refractivity contribution in [3.63, 3.8) is 0 Å². The monoisotopic (exact) mass is 386 g/mol. The van der Waals surface area contributed by atoms with Crippen LogP contribution in [0.15, 0.2) is 53.3 Å². The molecule has 0 bridgehead atoms. The van der Waals surface area contributed by atoms with E-state index >= 15 is 0 Å². The molecule has 2 aromatic carbocycles. The van der Waals surface area contributed by atoms with Gasteiger partial charge >= 0.3 is 0 Å².